The lowest BCUT2D eigenvalue weighted by atomic mass is 10.0. The zero-order valence-corrected chi connectivity index (χ0v) is 21.4. The summed E-state index contributed by atoms with van der Waals surface area (Å²) in [7, 11) is 0. The predicted octanol–water partition coefficient (Wildman–Crippen LogP) is 3.72. The maximum atomic E-state index is 14.0. The van der Waals surface area contributed by atoms with E-state index in [1.165, 1.54) is 17.7 Å². The molecular formula is C26H40FN3O4. The molecule has 3 unspecified atom stereocenters. The molecule has 0 saturated carbocycles. The number of carbonyl (C=O) groups excluding carboxylic acids is 3. The van der Waals surface area contributed by atoms with E-state index in [2.05, 4.69) is 31.4 Å². The van der Waals surface area contributed by atoms with Crippen molar-refractivity contribution in [2.75, 3.05) is 13.2 Å². The monoisotopic (exact) mass is 477 g/mol. The van der Waals surface area contributed by atoms with Gasteiger partial charge in [0.05, 0.1) is 13.2 Å². The van der Waals surface area contributed by atoms with Crippen molar-refractivity contribution in [2.24, 2.45) is 5.92 Å². The van der Waals surface area contributed by atoms with E-state index in [4.69, 9.17) is 4.74 Å². The summed E-state index contributed by atoms with van der Waals surface area (Å²) in [6.07, 6.45) is 2.96. The number of aryl methyl sites for hydroxylation is 1. The van der Waals surface area contributed by atoms with Gasteiger partial charge in [-0.1, -0.05) is 33.8 Å². The predicted molar refractivity (Wildman–Crippen MR) is 130 cm³/mol. The minimum atomic E-state index is -0.702. The number of amides is 3. The molecule has 3 heterocycles. The fourth-order valence-corrected chi connectivity index (χ4v) is 4.16. The van der Waals surface area contributed by atoms with Crippen LogP contribution in [0, 0.1) is 18.7 Å². The summed E-state index contributed by atoms with van der Waals surface area (Å²) in [6.45, 7) is 14.3. The van der Waals surface area contributed by atoms with Gasteiger partial charge in [0, 0.05) is 36.2 Å². The molecule has 3 aliphatic heterocycles. The zero-order chi connectivity index (χ0) is 25.4. The summed E-state index contributed by atoms with van der Waals surface area (Å²) in [5.41, 5.74) is 1.11. The Morgan fingerprint density at radius 3 is 2.44 bits per heavy atom. The van der Waals surface area contributed by atoms with Gasteiger partial charge < -0.3 is 15.0 Å². The second-order valence-electron chi connectivity index (χ2n) is 9.24. The van der Waals surface area contributed by atoms with E-state index in [9.17, 15) is 18.8 Å². The Labute approximate surface area is 202 Å². The van der Waals surface area contributed by atoms with Crippen molar-refractivity contribution in [1.82, 2.24) is 15.5 Å². The number of halogens is 1. The molecule has 34 heavy (non-hydrogen) atoms. The Kier molecular flexibility index (Phi) is 10.6. The minimum Gasteiger partial charge on any atom is -0.380 e. The first-order valence-corrected chi connectivity index (χ1v) is 12.5. The standard InChI is InChI=1S/C14H13FN2O3.C10H21NO.C2H6/c1-7-2-3-8-9(12(7)15)6-17(14(8)20)10-4-5-11(18)16-13(10)19;1-8(2)9(3)11-10-5-4-6-12-7-10;1-2/h2-3,10H,4-6H2,1H3,(H,16,18,19);8-11H,4-7H2,1-3H3;1-2H3. The van der Waals surface area contributed by atoms with Crippen LogP contribution in [-0.4, -0.2) is 54.0 Å². The van der Waals surface area contributed by atoms with Crippen LogP contribution in [0.3, 0.4) is 0 Å². The van der Waals surface area contributed by atoms with Gasteiger partial charge in [0.1, 0.15) is 11.9 Å². The molecule has 3 aliphatic rings. The fourth-order valence-electron chi connectivity index (χ4n) is 4.16. The molecular weight excluding hydrogens is 437 g/mol. The van der Waals surface area contributed by atoms with E-state index >= 15 is 0 Å². The third kappa shape index (κ3) is 6.85. The average molecular weight is 478 g/mol. The Bertz CT molecular complexity index is 868. The molecule has 8 heteroatoms. The van der Waals surface area contributed by atoms with Gasteiger partial charge in [0.2, 0.25) is 11.8 Å². The van der Waals surface area contributed by atoms with Crippen molar-refractivity contribution in [3.63, 3.8) is 0 Å². The van der Waals surface area contributed by atoms with Gasteiger partial charge in [0.15, 0.2) is 0 Å². The second kappa shape index (κ2) is 13.0. The first-order chi connectivity index (χ1) is 16.2. The second-order valence-corrected chi connectivity index (χ2v) is 9.24. The molecule has 2 N–H and O–H groups in total. The van der Waals surface area contributed by atoms with Crippen molar-refractivity contribution >= 4 is 17.7 Å². The third-order valence-electron chi connectivity index (χ3n) is 6.50. The lowest BCUT2D eigenvalue weighted by molar-refractivity contribution is -0.136. The maximum absolute atomic E-state index is 14.0. The van der Waals surface area contributed by atoms with Crippen LogP contribution in [0.15, 0.2) is 12.1 Å². The number of benzene rings is 1. The van der Waals surface area contributed by atoms with E-state index in [0.717, 1.165) is 13.2 Å². The quantitative estimate of drug-likeness (QED) is 0.646. The van der Waals surface area contributed by atoms with Crippen LogP contribution in [0.2, 0.25) is 0 Å². The van der Waals surface area contributed by atoms with E-state index < -0.39 is 17.8 Å². The van der Waals surface area contributed by atoms with Gasteiger partial charge in [-0.3, -0.25) is 19.7 Å². The van der Waals surface area contributed by atoms with Crippen molar-refractivity contribution < 1.29 is 23.5 Å². The Hall–Kier alpha value is -2.32. The largest absolute Gasteiger partial charge is 0.380 e. The number of hydrogen-bond donors (Lipinski definition) is 2. The number of ether oxygens (including phenoxy) is 1. The minimum absolute atomic E-state index is 0.0773. The van der Waals surface area contributed by atoms with E-state index in [1.54, 1.807) is 19.1 Å². The van der Waals surface area contributed by atoms with Crippen LogP contribution in [-0.2, 0) is 20.9 Å². The molecule has 2 fully saturated rings. The zero-order valence-electron chi connectivity index (χ0n) is 21.4. The number of nitrogens with zero attached hydrogens (tertiary/aromatic N) is 1. The average Bonchev–Trinajstić information content (AvgIpc) is 3.15. The molecule has 7 nitrogen and oxygen atoms in total. The first-order valence-electron chi connectivity index (χ1n) is 12.5. The number of carbonyl (C=O) groups is 3. The molecule has 1 aromatic carbocycles. The van der Waals surface area contributed by atoms with Crippen LogP contribution in [0.4, 0.5) is 4.39 Å². The van der Waals surface area contributed by atoms with Gasteiger partial charge in [-0.05, 0) is 50.7 Å². The lowest BCUT2D eigenvalue weighted by Gasteiger charge is -2.29. The van der Waals surface area contributed by atoms with Crippen LogP contribution in [0.5, 0.6) is 0 Å². The summed E-state index contributed by atoms with van der Waals surface area (Å²) in [5, 5.41) is 5.81. The van der Waals surface area contributed by atoms with E-state index in [0.29, 0.717) is 34.7 Å². The molecule has 190 valence electrons. The molecule has 0 spiro atoms. The highest BCUT2D eigenvalue weighted by Crippen LogP contribution is 2.30. The van der Waals surface area contributed by atoms with Gasteiger partial charge in [0.25, 0.3) is 5.91 Å². The Morgan fingerprint density at radius 2 is 1.85 bits per heavy atom. The molecule has 0 bridgehead atoms. The maximum Gasteiger partial charge on any atom is 0.255 e. The van der Waals surface area contributed by atoms with Crippen molar-refractivity contribution in [3.8, 4) is 0 Å². The number of hydrogen-bond acceptors (Lipinski definition) is 5. The van der Waals surface area contributed by atoms with Crippen molar-refractivity contribution in [1.29, 1.82) is 0 Å². The number of fused-ring (bicyclic) bond motifs is 1. The Morgan fingerprint density at radius 1 is 1.15 bits per heavy atom. The highest BCUT2D eigenvalue weighted by molar-refractivity contribution is 6.05. The molecule has 2 saturated heterocycles. The fraction of sp³-hybridized carbons (Fsp3) is 0.654. The topological polar surface area (TPSA) is 87.7 Å². The highest BCUT2D eigenvalue weighted by Gasteiger charge is 2.40. The van der Waals surface area contributed by atoms with Gasteiger partial charge in [-0.25, -0.2) is 4.39 Å². The smallest absolute Gasteiger partial charge is 0.255 e. The molecule has 0 aliphatic carbocycles. The van der Waals surface area contributed by atoms with E-state index in [1.807, 2.05) is 13.8 Å². The number of rotatable bonds is 4. The molecule has 0 radical (unpaired) electrons. The highest BCUT2D eigenvalue weighted by atomic mass is 19.1. The summed E-state index contributed by atoms with van der Waals surface area (Å²) in [6, 6.07) is 3.64. The first kappa shape index (κ1) is 27.9. The summed E-state index contributed by atoms with van der Waals surface area (Å²) in [4.78, 5) is 36.6. The molecule has 3 atom stereocenters. The van der Waals surface area contributed by atoms with Crippen molar-refractivity contribution in [3.05, 3.63) is 34.6 Å². The Balaban J connectivity index is 0.000000251. The normalized spacial score (nSPS) is 22.8. The number of imide groups is 1. The van der Waals surface area contributed by atoms with Crippen LogP contribution >= 0.6 is 0 Å². The van der Waals surface area contributed by atoms with Crippen LogP contribution in [0.25, 0.3) is 0 Å². The number of piperidine rings is 1. The van der Waals surface area contributed by atoms with Gasteiger partial charge >= 0.3 is 0 Å². The molecule has 1 aromatic rings. The number of nitrogens with one attached hydrogen (secondary N) is 2. The molecule has 4 rings (SSSR count). The van der Waals surface area contributed by atoms with Crippen LogP contribution in [0.1, 0.15) is 81.8 Å². The van der Waals surface area contributed by atoms with Gasteiger partial charge in [-0.2, -0.15) is 0 Å². The summed E-state index contributed by atoms with van der Waals surface area (Å²) in [5.74, 6) is -0.858. The van der Waals surface area contributed by atoms with E-state index in [-0.39, 0.29) is 31.2 Å². The SMILES string of the molecule is CC.CC(C)C(C)NC1CCCOC1.Cc1ccc2c(c1F)CN(C1CCC(=O)NC1=O)C2=O. The van der Waals surface area contributed by atoms with Crippen LogP contribution < -0.4 is 10.6 Å². The molecule has 3 amide bonds. The third-order valence-corrected chi connectivity index (χ3v) is 6.50. The van der Waals surface area contributed by atoms with Crippen molar-refractivity contribution in [2.45, 2.75) is 91.9 Å². The summed E-state index contributed by atoms with van der Waals surface area (Å²) < 4.78 is 19.4. The van der Waals surface area contributed by atoms with Gasteiger partial charge in [-0.15, -0.1) is 0 Å². The summed E-state index contributed by atoms with van der Waals surface area (Å²) >= 11 is 0. The molecule has 0 aromatic heterocycles. The lowest BCUT2D eigenvalue weighted by Crippen LogP contribution is -2.52.